The lowest BCUT2D eigenvalue weighted by Gasteiger charge is -2.19. The average Bonchev–Trinajstić information content (AvgIpc) is 1.65. The number of aromatic nitrogens is 11. The van der Waals surface area contributed by atoms with Crippen molar-refractivity contribution in [1.82, 2.24) is 81.6 Å². The number of nitrogens with two attached hydrogens (primary N) is 2. The molecule has 19 rings (SSSR count). The molecule has 1 saturated carbocycles. The Morgan fingerprint density at radius 3 is 0.985 bits per heavy atom. The van der Waals surface area contributed by atoms with Crippen LogP contribution in [0.5, 0.6) is 0 Å². The molecule has 0 aliphatic heterocycles. The topological polar surface area (TPSA) is 431 Å². The Balaban J connectivity index is 0.000000135. The van der Waals surface area contributed by atoms with Gasteiger partial charge in [-0.2, -0.15) is 0 Å². The molecule has 686 valence electrons. The number of halogens is 1. The number of amides is 4. The number of sulfonamides is 1. The second kappa shape index (κ2) is 44.7. The molecular formula is C97H93ClN18O12S6. The zero-order valence-corrected chi connectivity index (χ0v) is 79.2. The number of benzene rings is 10. The van der Waals surface area contributed by atoms with Crippen LogP contribution in [0.4, 0.5) is 9.59 Å². The summed E-state index contributed by atoms with van der Waals surface area (Å²) in [6.07, 6.45) is 1.94. The number of carbonyl (C=O) groups excluding carboxylic acids is 5. The Kier molecular flexibility index (Phi) is 32.2. The van der Waals surface area contributed by atoms with Gasteiger partial charge in [0.05, 0.1) is 121 Å². The summed E-state index contributed by atoms with van der Waals surface area (Å²) in [4.78, 5) is 81.5. The van der Waals surface area contributed by atoms with Crippen molar-refractivity contribution in [2.75, 3.05) is 13.1 Å². The van der Waals surface area contributed by atoms with E-state index in [4.69, 9.17) is 34.3 Å². The molecule has 8 aromatic heterocycles. The lowest BCUT2D eigenvalue weighted by molar-refractivity contribution is -0.124. The number of alkyl carbamates (subject to hydrolysis) is 2. The quantitative estimate of drug-likeness (QED) is 0.0150. The van der Waals surface area contributed by atoms with E-state index < -0.39 is 33.4 Å². The second-order valence-corrected chi connectivity index (χ2v) is 39.9. The fourth-order valence-electron chi connectivity index (χ4n) is 13.2. The molecule has 10 aromatic carbocycles. The van der Waals surface area contributed by atoms with Crippen LogP contribution < -0.4 is 37.7 Å². The Morgan fingerprint density at radius 2 is 0.664 bits per heavy atom. The van der Waals surface area contributed by atoms with E-state index in [9.17, 15) is 32.4 Å². The maximum atomic E-state index is 12.2. The van der Waals surface area contributed by atoms with Gasteiger partial charge in [0.25, 0.3) is 0 Å². The van der Waals surface area contributed by atoms with Gasteiger partial charge in [-0.3, -0.25) is 19.8 Å². The van der Waals surface area contributed by atoms with Crippen LogP contribution in [-0.4, -0.2) is 123 Å². The number of hydrazine groups is 1. The van der Waals surface area contributed by atoms with E-state index in [0.29, 0.717) is 66.6 Å². The monoisotopic (exact) mass is 1930 g/mol. The summed E-state index contributed by atoms with van der Waals surface area (Å²) in [7, 11) is -3.27. The van der Waals surface area contributed by atoms with Crippen molar-refractivity contribution in [1.29, 1.82) is 0 Å². The SMILES string of the molecule is CC(C)(C)OC(=O)NCC(=O)CNC(=O)Cc1nc2ccc(-c3ccccc3)cc2s1.CC(C)(C)OC(=O)NCc1nnc(Cc2nc3ccc(-c4ccccc4)cc3s2)o1.Cl.NCc1nnc(Cc2nc3ccc(-c4ccccc4)cc3s2)o1.NNC(=O)Cc1nc2ccc(-c3ccccc3)cc2s1.O=S(=O)(NCc1nnc(Cc2nc3ccc(-c4ccccc4)cc3s2)o1)C1CC1. The third-order valence-corrected chi connectivity index (χ3v) is 26.6. The number of ether oxygens (including phenoxy) is 2. The summed E-state index contributed by atoms with van der Waals surface area (Å²) in [5.74, 6) is 6.71. The zero-order chi connectivity index (χ0) is 93.0. The minimum Gasteiger partial charge on any atom is -0.444 e. The summed E-state index contributed by atoms with van der Waals surface area (Å²) in [5, 5.41) is 35.3. The summed E-state index contributed by atoms with van der Waals surface area (Å²) >= 11 is 7.82. The van der Waals surface area contributed by atoms with Crippen molar-refractivity contribution in [3.05, 3.63) is 303 Å². The lowest BCUT2D eigenvalue weighted by atomic mass is 10.1. The van der Waals surface area contributed by atoms with Gasteiger partial charge in [-0.1, -0.05) is 182 Å². The Hall–Kier alpha value is -13.7. The first-order valence-electron chi connectivity index (χ1n) is 42.3. The van der Waals surface area contributed by atoms with Crippen molar-refractivity contribution in [3.8, 4) is 55.6 Å². The number of carbonyl (C=O) groups is 5. The van der Waals surface area contributed by atoms with E-state index in [2.05, 4.69) is 185 Å². The molecule has 0 saturated heterocycles. The van der Waals surface area contributed by atoms with Crippen molar-refractivity contribution in [2.45, 2.75) is 123 Å². The zero-order valence-electron chi connectivity index (χ0n) is 73.5. The minimum atomic E-state index is -3.27. The number of hydrogen-bond acceptors (Lipinski definition) is 30. The molecule has 8 heterocycles. The van der Waals surface area contributed by atoms with Gasteiger partial charge in [0.1, 0.15) is 36.2 Å². The van der Waals surface area contributed by atoms with Gasteiger partial charge in [-0.15, -0.1) is 99.7 Å². The first-order chi connectivity index (χ1) is 64.2. The molecular weight excluding hydrogens is 1840 g/mol. The standard InChI is InChI=1S/C23H25N3O4S.C22H22N4O3S.C20H18N4O3S2.C17H14N4OS.C15H13N3OS.ClH/c1-23(2,3)30-22(29)25-14-17(27)13-24-20(28)12-21-26-18-10-9-16(11-19(18)31-21)15-7-5-4-6-8-15;1-22(2,3)29-21(27)23-13-19-26-25-18(28-19)12-20-24-16-10-9-15(11-17(16)30-20)14-7-5-4-6-8-14;25-29(26,15-7-8-15)21-12-19-24-23-18(27-19)11-20-22-16-9-6-14(10-17(16)28-20)13-4-2-1-3-5-13;18-10-16-21-20-15(22-16)9-17-19-13-7-6-12(8-14(13)23-17)11-4-2-1-3-5-11;16-18-14(19)9-15-17-12-7-6-11(8-13(12)20-15)10-4-2-1-3-5-10;/h4-11H,12-14H2,1-3H3,(H,24,28)(H,25,29);4-11H,12-13H2,1-3H3,(H,23,27);1-6,9-10,15,21H,7-8,11-12H2;1-8H,9-10,18H2;1-8H,9,16H2,(H,18,19);1H. The fraction of sp³-hybridized carbons (Fsp3) is 0.216. The van der Waals surface area contributed by atoms with E-state index in [1.807, 2.05) is 140 Å². The van der Waals surface area contributed by atoms with Crippen LogP contribution in [0.3, 0.4) is 0 Å². The molecule has 4 amide bonds. The first kappa shape index (κ1) is 96.4. The third-order valence-electron chi connectivity index (χ3n) is 19.6. The lowest BCUT2D eigenvalue weighted by Crippen LogP contribution is -2.39. The number of nitrogens with zero attached hydrogens (tertiary/aromatic N) is 11. The molecule has 0 unspecified atom stereocenters. The van der Waals surface area contributed by atoms with Crippen LogP contribution in [0.15, 0.2) is 256 Å². The molecule has 0 spiro atoms. The van der Waals surface area contributed by atoms with Gasteiger partial charge in [-0.05, 0) is 171 Å². The Bertz CT molecular complexity index is 7180. The highest BCUT2D eigenvalue weighted by Gasteiger charge is 2.36. The number of Topliss-reactive ketones (excluding diaryl/α,β-unsaturated/α-hetero) is 1. The summed E-state index contributed by atoms with van der Waals surface area (Å²) in [6.45, 7) is 10.6. The fourth-order valence-corrected chi connectivity index (χ4v) is 19.6. The van der Waals surface area contributed by atoms with Crippen molar-refractivity contribution >= 4 is 160 Å². The molecule has 1 fully saturated rings. The van der Waals surface area contributed by atoms with Crippen molar-refractivity contribution in [2.24, 2.45) is 11.6 Å². The van der Waals surface area contributed by atoms with Crippen LogP contribution in [0.1, 0.15) is 115 Å². The number of ketones is 1. The number of hydrogen-bond donors (Lipinski definition) is 7. The summed E-state index contributed by atoms with van der Waals surface area (Å²) < 4.78 is 58.6. The number of rotatable bonds is 26. The molecule has 1 aliphatic rings. The average molecular weight is 1930 g/mol. The highest BCUT2D eigenvalue weighted by Crippen LogP contribution is 2.36. The maximum absolute atomic E-state index is 12.2. The molecule has 18 aromatic rings. The number of thiazole rings is 5. The Labute approximate surface area is 796 Å². The predicted octanol–water partition coefficient (Wildman–Crippen LogP) is 18.5. The van der Waals surface area contributed by atoms with E-state index in [1.165, 1.54) is 50.5 Å². The predicted molar refractivity (Wildman–Crippen MR) is 526 cm³/mol. The third kappa shape index (κ3) is 27.7. The van der Waals surface area contributed by atoms with Gasteiger partial charge in [-0.25, -0.2) is 53.5 Å². The molecule has 9 N–H and O–H groups in total. The minimum absolute atomic E-state index is 0. The smallest absolute Gasteiger partial charge is 0.408 e. The molecule has 0 atom stereocenters. The summed E-state index contributed by atoms with van der Waals surface area (Å²) in [6, 6.07) is 82.0. The first-order valence-corrected chi connectivity index (χ1v) is 47.9. The molecule has 30 nitrogen and oxygen atoms in total. The van der Waals surface area contributed by atoms with Crippen LogP contribution in [0, 0.1) is 0 Å². The van der Waals surface area contributed by atoms with Crippen LogP contribution in [0.2, 0.25) is 0 Å². The van der Waals surface area contributed by atoms with E-state index >= 15 is 0 Å². The van der Waals surface area contributed by atoms with Gasteiger partial charge >= 0.3 is 12.2 Å². The van der Waals surface area contributed by atoms with Crippen molar-refractivity contribution in [3.63, 3.8) is 0 Å². The summed E-state index contributed by atoms with van der Waals surface area (Å²) in [5.41, 5.74) is 22.6. The largest absolute Gasteiger partial charge is 0.444 e. The van der Waals surface area contributed by atoms with Gasteiger partial charge < -0.3 is 44.4 Å². The van der Waals surface area contributed by atoms with E-state index in [1.54, 1.807) is 75.6 Å². The van der Waals surface area contributed by atoms with Gasteiger partial charge in [0, 0.05) is 0 Å². The van der Waals surface area contributed by atoms with Crippen molar-refractivity contribution < 1.29 is 55.1 Å². The molecule has 37 heteroatoms. The highest BCUT2D eigenvalue weighted by atomic mass is 35.5. The molecule has 0 radical (unpaired) electrons. The van der Waals surface area contributed by atoms with Gasteiger partial charge in [0.2, 0.25) is 57.2 Å². The van der Waals surface area contributed by atoms with Crippen LogP contribution >= 0.6 is 69.1 Å². The second-order valence-electron chi connectivity index (χ2n) is 32.3. The molecule has 134 heavy (non-hydrogen) atoms. The highest BCUT2D eigenvalue weighted by molar-refractivity contribution is 7.90. The van der Waals surface area contributed by atoms with Crippen LogP contribution in [0.25, 0.3) is 107 Å². The maximum Gasteiger partial charge on any atom is 0.408 e. The van der Waals surface area contributed by atoms with Crippen LogP contribution in [-0.2, 0) is 85.6 Å². The van der Waals surface area contributed by atoms with Gasteiger partial charge in [0.15, 0.2) is 5.78 Å². The molecule has 0 bridgehead atoms. The number of nitrogens with one attached hydrogen (secondary N) is 5. The van der Waals surface area contributed by atoms with E-state index in [-0.39, 0.29) is 86.7 Å². The number of fused-ring (bicyclic) bond motifs is 5. The van der Waals surface area contributed by atoms with E-state index in [0.717, 1.165) is 98.9 Å². The molecule has 1 aliphatic carbocycles. The normalized spacial score (nSPS) is 11.8. The Morgan fingerprint density at radius 1 is 0.373 bits per heavy atom.